The highest BCUT2D eigenvalue weighted by atomic mass is 19.4. The number of phenolic OH excluding ortho intramolecular Hbond substituents is 2. The van der Waals surface area contributed by atoms with Gasteiger partial charge in [0.05, 0.1) is 4.92 Å². The number of carbonyl (C=O) groups is 1. The Bertz CT molecular complexity index is 1320. The maximum absolute atomic E-state index is 12.8. The van der Waals surface area contributed by atoms with Gasteiger partial charge < -0.3 is 29.7 Å². The van der Waals surface area contributed by atoms with Crippen LogP contribution in [-0.4, -0.2) is 63.0 Å². The molecule has 1 amide bonds. The number of hydrogen-bond acceptors (Lipinski definition) is 9. The lowest BCUT2D eigenvalue weighted by Gasteiger charge is -2.32. The average Bonchev–Trinajstić information content (AvgIpc) is 3.34. The average molecular weight is 550 g/mol. The van der Waals surface area contributed by atoms with Crippen molar-refractivity contribution in [1.82, 2.24) is 15.4 Å². The molecule has 4 rings (SSSR count). The molecular weight excluding hydrogens is 525 g/mol. The van der Waals surface area contributed by atoms with Gasteiger partial charge >= 0.3 is 6.18 Å². The Morgan fingerprint density at radius 3 is 2.51 bits per heavy atom. The summed E-state index contributed by atoms with van der Waals surface area (Å²) in [7, 11) is 0. The molecule has 1 fully saturated rings. The Balaban J connectivity index is 1.40. The minimum absolute atomic E-state index is 0.00938. The summed E-state index contributed by atoms with van der Waals surface area (Å²) in [4.78, 5) is 25.0. The summed E-state index contributed by atoms with van der Waals surface area (Å²) >= 11 is 0. The number of nitrogens with one attached hydrogen (secondary N) is 1. The number of aromatic nitrogens is 1. The number of likely N-dealkylation sites (tertiary alicyclic amines) is 1. The van der Waals surface area contributed by atoms with Crippen LogP contribution in [0.1, 0.15) is 36.2 Å². The summed E-state index contributed by atoms with van der Waals surface area (Å²) < 4.78 is 48.0. The number of phenols is 2. The van der Waals surface area contributed by atoms with Crippen molar-refractivity contribution in [2.45, 2.75) is 37.9 Å². The standard InChI is InChI=1S/C25H25F3N4O7/c26-25(27,28)8-1-9-31-10-6-15(7-11-31)29-24(35)19-14-22(39-30-19)23-20(34)12-17(33)13-21(23)38-18-4-2-16(3-5-18)32(36)37/h2-5,12-15,33-34H,1,6-11H2,(H,29,35). The molecule has 1 aliphatic rings. The van der Waals surface area contributed by atoms with Crippen LogP contribution in [0.5, 0.6) is 23.0 Å². The molecule has 1 saturated heterocycles. The van der Waals surface area contributed by atoms with Crippen LogP contribution in [0.15, 0.2) is 47.0 Å². The van der Waals surface area contributed by atoms with Gasteiger partial charge in [-0.05, 0) is 37.9 Å². The Labute approximate surface area is 219 Å². The van der Waals surface area contributed by atoms with Crippen LogP contribution >= 0.6 is 0 Å². The third-order valence-corrected chi connectivity index (χ3v) is 6.19. The van der Waals surface area contributed by atoms with Crippen LogP contribution in [0.4, 0.5) is 18.9 Å². The number of halogens is 3. The molecule has 0 radical (unpaired) electrons. The molecule has 0 aliphatic carbocycles. The molecule has 1 aliphatic heterocycles. The van der Waals surface area contributed by atoms with Crippen molar-refractivity contribution in [3.63, 3.8) is 0 Å². The van der Waals surface area contributed by atoms with E-state index in [9.17, 15) is 38.3 Å². The van der Waals surface area contributed by atoms with Crippen molar-refractivity contribution >= 4 is 11.6 Å². The number of hydrogen-bond donors (Lipinski definition) is 3. The van der Waals surface area contributed by atoms with Gasteiger partial charge in [-0.2, -0.15) is 13.2 Å². The molecule has 0 spiro atoms. The van der Waals surface area contributed by atoms with Gasteiger partial charge in [-0.15, -0.1) is 0 Å². The SMILES string of the molecule is O=C(NC1CCN(CCCC(F)(F)F)CC1)c1cc(-c2c(O)cc(O)cc2Oc2ccc([N+](=O)[O-])cc2)on1. The number of carbonyl (C=O) groups excluding carboxylic acids is 1. The predicted octanol–water partition coefficient (Wildman–Crippen LogP) is 4.99. The number of ether oxygens (including phenoxy) is 1. The number of nitro groups is 1. The van der Waals surface area contributed by atoms with Crippen molar-refractivity contribution < 1.29 is 42.4 Å². The van der Waals surface area contributed by atoms with Crippen LogP contribution in [0.25, 0.3) is 11.3 Å². The zero-order valence-corrected chi connectivity index (χ0v) is 20.5. The van der Waals surface area contributed by atoms with Crippen molar-refractivity contribution in [3.05, 3.63) is 58.3 Å². The lowest BCUT2D eigenvalue weighted by Crippen LogP contribution is -2.45. The van der Waals surface area contributed by atoms with Crippen molar-refractivity contribution in [3.8, 4) is 34.3 Å². The second-order valence-corrected chi connectivity index (χ2v) is 9.08. The van der Waals surface area contributed by atoms with Gasteiger partial charge in [-0.25, -0.2) is 0 Å². The normalized spacial score (nSPS) is 14.7. The van der Waals surface area contributed by atoms with Crippen LogP contribution < -0.4 is 10.1 Å². The highest BCUT2D eigenvalue weighted by Gasteiger charge is 2.28. The Morgan fingerprint density at radius 2 is 1.87 bits per heavy atom. The first-order valence-corrected chi connectivity index (χ1v) is 12.0. The molecule has 0 bridgehead atoms. The lowest BCUT2D eigenvalue weighted by atomic mass is 10.0. The molecule has 0 atom stereocenters. The predicted molar refractivity (Wildman–Crippen MR) is 131 cm³/mol. The first-order chi connectivity index (χ1) is 18.5. The molecular formula is C25H25F3N4O7. The van der Waals surface area contributed by atoms with E-state index >= 15 is 0 Å². The third-order valence-electron chi connectivity index (χ3n) is 6.19. The molecule has 39 heavy (non-hydrogen) atoms. The number of alkyl halides is 3. The summed E-state index contributed by atoms with van der Waals surface area (Å²) in [6.07, 6.45) is -3.84. The van der Waals surface area contributed by atoms with Gasteiger partial charge in [0.15, 0.2) is 11.5 Å². The monoisotopic (exact) mass is 550 g/mol. The summed E-state index contributed by atoms with van der Waals surface area (Å²) in [5.41, 5.74) is -0.240. The largest absolute Gasteiger partial charge is 0.508 e. The number of non-ortho nitro benzene ring substituents is 1. The maximum atomic E-state index is 12.8. The molecule has 2 aromatic carbocycles. The molecule has 2 heterocycles. The number of rotatable bonds is 9. The van der Waals surface area contributed by atoms with Gasteiger partial charge in [0.25, 0.3) is 11.6 Å². The quantitative estimate of drug-likeness (QED) is 0.247. The number of piperidine rings is 1. The number of benzene rings is 2. The van der Waals surface area contributed by atoms with Crippen LogP contribution in [-0.2, 0) is 0 Å². The van der Waals surface area contributed by atoms with E-state index in [2.05, 4.69) is 10.5 Å². The lowest BCUT2D eigenvalue weighted by molar-refractivity contribution is -0.384. The van der Waals surface area contributed by atoms with E-state index < -0.39 is 29.2 Å². The zero-order chi connectivity index (χ0) is 28.2. The Morgan fingerprint density at radius 1 is 1.18 bits per heavy atom. The van der Waals surface area contributed by atoms with Gasteiger partial charge in [-0.3, -0.25) is 14.9 Å². The van der Waals surface area contributed by atoms with Crippen molar-refractivity contribution in [2.75, 3.05) is 19.6 Å². The van der Waals surface area contributed by atoms with E-state index in [0.29, 0.717) is 32.5 Å². The fourth-order valence-electron chi connectivity index (χ4n) is 4.24. The van der Waals surface area contributed by atoms with E-state index in [1.807, 2.05) is 4.90 Å². The molecule has 14 heteroatoms. The molecule has 208 valence electrons. The molecule has 0 saturated carbocycles. The summed E-state index contributed by atoms with van der Waals surface area (Å²) in [5, 5.41) is 37.9. The molecule has 1 aromatic heterocycles. The first kappa shape index (κ1) is 27.7. The van der Waals surface area contributed by atoms with Gasteiger partial charge in [0.2, 0.25) is 0 Å². The smallest absolute Gasteiger partial charge is 0.389 e. The van der Waals surface area contributed by atoms with Crippen LogP contribution in [0.3, 0.4) is 0 Å². The van der Waals surface area contributed by atoms with Gasteiger partial charge in [-0.1, -0.05) is 5.16 Å². The Hall–Kier alpha value is -4.33. The van der Waals surface area contributed by atoms with Gasteiger partial charge in [0, 0.05) is 55.9 Å². The number of aromatic hydroxyl groups is 2. The summed E-state index contributed by atoms with van der Waals surface area (Å²) in [5.74, 6) is -1.19. The van der Waals surface area contributed by atoms with E-state index in [1.54, 1.807) is 0 Å². The summed E-state index contributed by atoms with van der Waals surface area (Å²) in [6.45, 7) is 1.45. The molecule has 3 N–H and O–H groups in total. The van der Waals surface area contributed by atoms with Crippen molar-refractivity contribution in [2.24, 2.45) is 0 Å². The highest BCUT2D eigenvalue weighted by Crippen LogP contribution is 2.43. The fraction of sp³-hybridized carbons (Fsp3) is 0.360. The third kappa shape index (κ3) is 7.37. The zero-order valence-electron chi connectivity index (χ0n) is 20.5. The van der Waals surface area contributed by atoms with Gasteiger partial charge in [0.1, 0.15) is 28.6 Å². The van der Waals surface area contributed by atoms with E-state index in [4.69, 9.17) is 9.26 Å². The fourth-order valence-corrected chi connectivity index (χ4v) is 4.24. The highest BCUT2D eigenvalue weighted by molar-refractivity contribution is 5.93. The Kier molecular flexibility index (Phi) is 8.24. The molecule has 0 unspecified atom stereocenters. The molecule has 3 aromatic rings. The number of amides is 1. The van der Waals surface area contributed by atoms with Crippen molar-refractivity contribution in [1.29, 1.82) is 0 Å². The molecule has 11 nitrogen and oxygen atoms in total. The van der Waals surface area contributed by atoms with E-state index in [0.717, 1.165) is 6.07 Å². The van der Waals surface area contributed by atoms with E-state index in [-0.39, 0.29) is 52.4 Å². The van der Waals surface area contributed by atoms with Crippen LogP contribution in [0, 0.1) is 10.1 Å². The summed E-state index contributed by atoms with van der Waals surface area (Å²) in [6, 6.07) is 8.46. The maximum Gasteiger partial charge on any atom is 0.389 e. The van der Waals surface area contributed by atoms with E-state index in [1.165, 1.54) is 36.4 Å². The number of nitro benzene ring substituents is 1. The topological polar surface area (TPSA) is 151 Å². The second kappa shape index (κ2) is 11.6. The second-order valence-electron chi connectivity index (χ2n) is 9.08. The van der Waals surface area contributed by atoms with Crippen LogP contribution in [0.2, 0.25) is 0 Å². The number of nitrogens with zero attached hydrogens (tertiary/aromatic N) is 3. The minimum Gasteiger partial charge on any atom is -0.508 e. The minimum atomic E-state index is -4.17. The first-order valence-electron chi connectivity index (χ1n) is 12.0.